The molecule has 0 fully saturated rings. The molecule has 2 N–H and O–H groups in total. The van der Waals surface area contributed by atoms with E-state index >= 15 is 0 Å². The fourth-order valence-electron chi connectivity index (χ4n) is 3.75. The van der Waals surface area contributed by atoms with E-state index in [1.54, 1.807) is 18.2 Å². The Morgan fingerprint density at radius 1 is 0.967 bits per heavy atom. The van der Waals surface area contributed by atoms with Crippen LogP contribution in [0.3, 0.4) is 0 Å². The highest BCUT2D eigenvalue weighted by Crippen LogP contribution is 2.44. The van der Waals surface area contributed by atoms with Crippen LogP contribution in [0.4, 0.5) is 9.93 Å². The van der Waals surface area contributed by atoms with E-state index < -0.39 is 6.09 Å². The molecular formula is C23H17N3O3S. The van der Waals surface area contributed by atoms with Crippen LogP contribution in [-0.4, -0.2) is 28.0 Å². The summed E-state index contributed by atoms with van der Waals surface area (Å²) in [5.74, 6) is 0.147. The van der Waals surface area contributed by atoms with Gasteiger partial charge in [0.2, 0.25) is 5.13 Å². The monoisotopic (exact) mass is 415 g/mol. The average Bonchev–Trinajstić information content (AvgIpc) is 3.35. The molecule has 1 aliphatic carbocycles. The van der Waals surface area contributed by atoms with Gasteiger partial charge in [-0.2, -0.15) is 0 Å². The third-order valence-corrected chi connectivity index (χ3v) is 5.96. The lowest BCUT2D eigenvalue weighted by atomic mass is 9.98. The normalized spacial score (nSPS) is 12.3. The summed E-state index contributed by atoms with van der Waals surface area (Å²) >= 11 is 1.21. The van der Waals surface area contributed by atoms with Crippen molar-refractivity contribution in [2.24, 2.45) is 0 Å². The van der Waals surface area contributed by atoms with E-state index in [2.05, 4.69) is 39.8 Å². The number of fused-ring (bicyclic) bond motifs is 3. The Bertz CT molecular complexity index is 1190. The van der Waals surface area contributed by atoms with Crippen LogP contribution in [-0.2, 0) is 4.74 Å². The van der Waals surface area contributed by atoms with E-state index in [1.165, 1.54) is 22.5 Å². The van der Waals surface area contributed by atoms with Crippen LogP contribution < -0.4 is 5.32 Å². The number of benzene rings is 3. The fourth-order valence-corrected chi connectivity index (χ4v) is 4.48. The van der Waals surface area contributed by atoms with Crippen LogP contribution in [0.25, 0.3) is 21.7 Å². The van der Waals surface area contributed by atoms with Gasteiger partial charge in [-0.1, -0.05) is 72.0 Å². The highest BCUT2D eigenvalue weighted by atomic mass is 32.1. The number of carbonyl (C=O) groups excluding carboxylic acids is 1. The Hall–Kier alpha value is -3.71. The van der Waals surface area contributed by atoms with E-state index in [1.807, 2.05) is 30.3 Å². The molecule has 1 aliphatic rings. The lowest BCUT2D eigenvalue weighted by Gasteiger charge is -2.13. The van der Waals surface area contributed by atoms with Gasteiger partial charge in [0.25, 0.3) is 0 Å². The molecule has 0 spiro atoms. The first-order valence-corrected chi connectivity index (χ1v) is 10.3. The number of hydrogen-bond acceptors (Lipinski definition) is 6. The first kappa shape index (κ1) is 18.3. The maximum Gasteiger partial charge on any atom is 0.413 e. The molecule has 0 aliphatic heterocycles. The fraction of sp³-hybridized carbons (Fsp3) is 0.0870. The topological polar surface area (TPSA) is 84.3 Å². The zero-order valence-electron chi connectivity index (χ0n) is 15.8. The minimum absolute atomic E-state index is 0.000393. The summed E-state index contributed by atoms with van der Waals surface area (Å²) in [6, 6.07) is 23.1. The molecule has 148 valence electrons. The molecule has 0 radical (unpaired) electrons. The Labute approximate surface area is 176 Å². The van der Waals surface area contributed by atoms with Gasteiger partial charge in [-0.05, 0) is 34.4 Å². The number of anilines is 1. The summed E-state index contributed by atoms with van der Waals surface area (Å²) in [4.78, 5) is 12.4. The predicted octanol–water partition coefficient (Wildman–Crippen LogP) is 5.27. The highest BCUT2D eigenvalue weighted by molar-refractivity contribution is 7.18. The Kier molecular flexibility index (Phi) is 4.65. The minimum atomic E-state index is -0.574. The van der Waals surface area contributed by atoms with Crippen molar-refractivity contribution in [3.05, 3.63) is 83.9 Å². The van der Waals surface area contributed by atoms with Crippen LogP contribution in [0.2, 0.25) is 0 Å². The summed E-state index contributed by atoms with van der Waals surface area (Å²) in [5.41, 5.74) is 5.42. The summed E-state index contributed by atoms with van der Waals surface area (Å²) in [6.07, 6.45) is -0.574. The van der Waals surface area contributed by atoms with Gasteiger partial charge in [0.15, 0.2) is 0 Å². The van der Waals surface area contributed by atoms with Crippen molar-refractivity contribution in [3.63, 3.8) is 0 Å². The predicted molar refractivity (Wildman–Crippen MR) is 116 cm³/mol. The summed E-state index contributed by atoms with van der Waals surface area (Å²) in [7, 11) is 0. The molecule has 6 nitrogen and oxygen atoms in total. The van der Waals surface area contributed by atoms with E-state index in [-0.39, 0.29) is 18.3 Å². The number of aromatic nitrogens is 2. The lowest BCUT2D eigenvalue weighted by molar-refractivity contribution is 0.158. The number of nitrogens with one attached hydrogen (secondary N) is 1. The van der Waals surface area contributed by atoms with Crippen molar-refractivity contribution in [2.45, 2.75) is 5.92 Å². The van der Waals surface area contributed by atoms with Crippen molar-refractivity contribution >= 4 is 22.6 Å². The number of phenolic OH excluding ortho intramolecular Hbond substituents is 1. The second-order valence-electron chi connectivity index (χ2n) is 6.91. The van der Waals surface area contributed by atoms with E-state index in [0.29, 0.717) is 10.1 Å². The first-order chi connectivity index (χ1) is 14.7. The molecule has 0 atom stereocenters. The number of aromatic hydroxyl groups is 1. The maximum atomic E-state index is 12.4. The third kappa shape index (κ3) is 3.40. The van der Waals surface area contributed by atoms with Crippen molar-refractivity contribution in [2.75, 3.05) is 11.9 Å². The Balaban J connectivity index is 1.27. The molecule has 4 aromatic rings. The SMILES string of the molecule is O=C(Nc1nnc(-c2cccc(O)c2)s1)OCC1c2ccccc2-c2ccccc21. The molecule has 30 heavy (non-hydrogen) atoms. The van der Waals surface area contributed by atoms with Crippen LogP contribution in [0.5, 0.6) is 5.75 Å². The van der Waals surface area contributed by atoms with Crippen molar-refractivity contribution in [1.29, 1.82) is 0 Å². The second kappa shape index (κ2) is 7.61. The van der Waals surface area contributed by atoms with Crippen LogP contribution in [0, 0.1) is 0 Å². The molecule has 0 saturated heterocycles. The van der Waals surface area contributed by atoms with Crippen molar-refractivity contribution in [1.82, 2.24) is 10.2 Å². The summed E-state index contributed by atoms with van der Waals surface area (Å²) in [5, 5.41) is 21.2. The van der Waals surface area contributed by atoms with Crippen LogP contribution in [0.15, 0.2) is 72.8 Å². The third-order valence-electron chi connectivity index (χ3n) is 5.07. The zero-order valence-corrected chi connectivity index (χ0v) is 16.6. The summed E-state index contributed by atoms with van der Waals surface area (Å²) in [6.45, 7) is 0.234. The van der Waals surface area contributed by atoms with Crippen molar-refractivity contribution in [3.8, 4) is 27.4 Å². The largest absolute Gasteiger partial charge is 0.508 e. The van der Waals surface area contributed by atoms with Gasteiger partial charge in [-0.15, -0.1) is 10.2 Å². The number of nitrogens with zero attached hydrogens (tertiary/aromatic N) is 2. The Morgan fingerprint density at radius 3 is 2.37 bits per heavy atom. The smallest absolute Gasteiger partial charge is 0.413 e. The second-order valence-corrected chi connectivity index (χ2v) is 7.89. The number of ether oxygens (including phenoxy) is 1. The molecule has 1 heterocycles. The van der Waals surface area contributed by atoms with E-state index in [9.17, 15) is 9.90 Å². The zero-order chi connectivity index (χ0) is 20.5. The Morgan fingerprint density at radius 2 is 1.67 bits per heavy atom. The quantitative estimate of drug-likeness (QED) is 0.474. The minimum Gasteiger partial charge on any atom is -0.508 e. The number of hydrogen-bond donors (Lipinski definition) is 2. The van der Waals surface area contributed by atoms with Gasteiger partial charge in [0.1, 0.15) is 17.4 Å². The van der Waals surface area contributed by atoms with Crippen LogP contribution >= 0.6 is 11.3 Å². The first-order valence-electron chi connectivity index (χ1n) is 9.44. The van der Waals surface area contributed by atoms with Crippen molar-refractivity contribution < 1.29 is 14.6 Å². The average molecular weight is 415 g/mol. The van der Waals surface area contributed by atoms with Gasteiger partial charge < -0.3 is 9.84 Å². The summed E-state index contributed by atoms with van der Waals surface area (Å²) < 4.78 is 5.53. The molecule has 5 rings (SSSR count). The molecule has 1 aromatic heterocycles. The van der Waals surface area contributed by atoms with Gasteiger partial charge in [-0.3, -0.25) is 5.32 Å². The molecule has 1 amide bonds. The van der Waals surface area contributed by atoms with Gasteiger partial charge >= 0.3 is 6.09 Å². The maximum absolute atomic E-state index is 12.4. The van der Waals surface area contributed by atoms with Crippen LogP contribution in [0.1, 0.15) is 17.0 Å². The van der Waals surface area contributed by atoms with E-state index in [4.69, 9.17) is 4.74 Å². The van der Waals surface area contributed by atoms with Gasteiger partial charge in [-0.25, -0.2) is 4.79 Å². The molecule has 0 saturated carbocycles. The molecular weight excluding hydrogens is 398 g/mol. The number of phenols is 1. The molecule has 7 heteroatoms. The molecule has 0 unspecified atom stereocenters. The van der Waals surface area contributed by atoms with E-state index in [0.717, 1.165) is 16.7 Å². The van der Waals surface area contributed by atoms with Gasteiger partial charge in [0, 0.05) is 11.5 Å². The number of amides is 1. The molecule has 0 bridgehead atoms. The highest BCUT2D eigenvalue weighted by Gasteiger charge is 2.29. The standard InChI is InChI=1S/C23H17N3O3S/c27-15-7-5-6-14(12-15)21-25-26-22(30-21)24-23(28)29-13-20-18-10-3-1-8-16(18)17-9-2-4-11-19(17)20/h1-12,20,27H,13H2,(H,24,26,28). The number of carbonyl (C=O) groups is 1. The lowest BCUT2D eigenvalue weighted by Crippen LogP contribution is -2.17. The molecule has 3 aromatic carbocycles. The number of rotatable bonds is 4. The van der Waals surface area contributed by atoms with Gasteiger partial charge in [0.05, 0.1) is 0 Å².